The topological polar surface area (TPSA) is 55.1 Å². The van der Waals surface area contributed by atoms with Crippen LogP contribution in [0.4, 0.5) is 5.69 Å². The van der Waals surface area contributed by atoms with Crippen LogP contribution >= 0.6 is 0 Å². The number of nitrogen functional groups attached to an aromatic ring is 1. The first-order valence-electron chi connectivity index (χ1n) is 10.4. The molecule has 1 heterocycles. The van der Waals surface area contributed by atoms with E-state index in [-0.39, 0.29) is 11.9 Å². The Kier molecular flexibility index (Phi) is 4.31. The molecule has 1 amide bonds. The van der Waals surface area contributed by atoms with Crippen molar-refractivity contribution in [1.29, 1.82) is 0 Å². The number of hydrogen-bond acceptors (Lipinski definition) is 2. The van der Waals surface area contributed by atoms with Crippen molar-refractivity contribution in [3.8, 4) is 0 Å². The van der Waals surface area contributed by atoms with E-state index in [2.05, 4.69) is 41.7 Å². The Hall–Kier alpha value is -2.81. The second kappa shape index (κ2) is 6.97. The highest BCUT2D eigenvalue weighted by Gasteiger charge is 2.36. The van der Waals surface area contributed by atoms with Crippen LogP contribution in [0.2, 0.25) is 0 Å². The van der Waals surface area contributed by atoms with Crippen LogP contribution in [0.15, 0.2) is 60.2 Å². The zero-order valence-corrected chi connectivity index (χ0v) is 16.1. The fourth-order valence-corrected chi connectivity index (χ4v) is 5.08. The molecule has 142 valence electrons. The smallest absolute Gasteiger partial charge is 0.252 e. The number of fused-ring (bicyclic) bond motifs is 2. The number of anilines is 1. The van der Waals surface area contributed by atoms with Gasteiger partial charge in [0.25, 0.3) is 5.91 Å². The van der Waals surface area contributed by atoms with Crippen molar-refractivity contribution in [2.45, 2.75) is 44.6 Å². The highest BCUT2D eigenvalue weighted by Crippen LogP contribution is 2.46. The van der Waals surface area contributed by atoms with E-state index in [1.807, 2.05) is 18.2 Å². The molecule has 0 fully saturated rings. The first-order valence-corrected chi connectivity index (χ1v) is 10.4. The van der Waals surface area contributed by atoms with E-state index in [4.69, 9.17) is 5.73 Å². The van der Waals surface area contributed by atoms with Crippen molar-refractivity contribution in [2.75, 3.05) is 5.73 Å². The van der Waals surface area contributed by atoms with Gasteiger partial charge in [-0.3, -0.25) is 4.79 Å². The van der Waals surface area contributed by atoms with E-state index in [0.717, 1.165) is 24.0 Å². The molecule has 2 unspecified atom stereocenters. The number of carbonyl (C=O) groups is 1. The summed E-state index contributed by atoms with van der Waals surface area (Å²) in [4.78, 5) is 12.6. The molecular weight excluding hydrogens is 344 g/mol. The molecule has 1 aliphatic heterocycles. The summed E-state index contributed by atoms with van der Waals surface area (Å²) in [6.45, 7) is 0. The summed E-state index contributed by atoms with van der Waals surface area (Å²) in [6, 6.07) is 14.2. The van der Waals surface area contributed by atoms with Crippen molar-refractivity contribution < 1.29 is 4.79 Å². The molecular formula is C25H26N2O. The summed E-state index contributed by atoms with van der Waals surface area (Å²) in [5.74, 6) is 0.602. The Morgan fingerprint density at radius 2 is 1.96 bits per heavy atom. The number of allylic oxidation sites excluding steroid dienone is 3. The van der Waals surface area contributed by atoms with Crippen LogP contribution in [-0.2, 0) is 6.42 Å². The predicted octanol–water partition coefficient (Wildman–Crippen LogP) is 5.20. The summed E-state index contributed by atoms with van der Waals surface area (Å²) >= 11 is 0. The van der Waals surface area contributed by atoms with E-state index in [1.54, 1.807) is 0 Å². The van der Waals surface area contributed by atoms with Crippen molar-refractivity contribution in [1.82, 2.24) is 5.32 Å². The lowest BCUT2D eigenvalue weighted by molar-refractivity contribution is 0.0962. The van der Waals surface area contributed by atoms with Gasteiger partial charge in [-0.25, -0.2) is 0 Å². The zero-order valence-electron chi connectivity index (χ0n) is 16.1. The highest BCUT2D eigenvalue weighted by atomic mass is 16.2. The molecule has 0 aromatic heterocycles. The number of rotatable bonds is 3. The lowest BCUT2D eigenvalue weighted by atomic mass is 9.88. The average Bonchev–Trinajstić information content (AvgIpc) is 3.07. The normalized spacial score (nSPS) is 23.4. The fraction of sp³-hybridized carbons (Fsp3) is 0.320. The first kappa shape index (κ1) is 17.3. The van der Waals surface area contributed by atoms with E-state index < -0.39 is 0 Å². The largest absolute Gasteiger partial charge is 0.399 e. The number of carbonyl (C=O) groups excluding carboxylic acids is 1. The Labute approximate surface area is 166 Å². The maximum absolute atomic E-state index is 12.6. The molecule has 5 rings (SSSR count). The van der Waals surface area contributed by atoms with E-state index in [0.29, 0.717) is 11.6 Å². The average molecular weight is 370 g/mol. The standard InChI is InChI=1S/C25H26N2O/c26-19-11-12-21-22(15-19)24(27-25(21)28)23-18(13-16-7-3-1-2-4-8-16)14-17-9-5-6-10-20(17)23/h3,5-7,9-12,15-16,24H,1-2,4,8,13-14,26H2,(H,27,28). The number of benzene rings is 2. The van der Waals surface area contributed by atoms with Crippen LogP contribution in [-0.4, -0.2) is 5.91 Å². The third-order valence-corrected chi connectivity index (χ3v) is 6.40. The van der Waals surface area contributed by atoms with Gasteiger partial charge in [-0.1, -0.05) is 48.4 Å². The van der Waals surface area contributed by atoms with Crippen molar-refractivity contribution in [3.63, 3.8) is 0 Å². The zero-order chi connectivity index (χ0) is 19.1. The monoisotopic (exact) mass is 370 g/mol. The lowest BCUT2D eigenvalue weighted by Gasteiger charge is -2.20. The Balaban J connectivity index is 1.59. The van der Waals surface area contributed by atoms with Gasteiger partial charge >= 0.3 is 0 Å². The van der Waals surface area contributed by atoms with Crippen LogP contribution in [0, 0.1) is 5.92 Å². The van der Waals surface area contributed by atoms with Gasteiger partial charge in [0.05, 0.1) is 6.04 Å². The molecule has 3 nitrogen and oxygen atoms in total. The molecule has 0 saturated heterocycles. The molecule has 2 atom stereocenters. The molecule has 0 bridgehead atoms. The minimum absolute atomic E-state index is 0.00518. The summed E-state index contributed by atoms with van der Waals surface area (Å²) in [7, 11) is 0. The number of amides is 1. The van der Waals surface area contributed by atoms with Crippen molar-refractivity contribution >= 4 is 17.2 Å². The third-order valence-electron chi connectivity index (χ3n) is 6.40. The molecule has 3 aliphatic rings. The van der Waals surface area contributed by atoms with Crippen LogP contribution in [0.1, 0.15) is 65.2 Å². The molecule has 0 saturated carbocycles. The molecule has 2 aromatic carbocycles. The van der Waals surface area contributed by atoms with Gasteiger partial charge in [-0.15, -0.1) is 0 Å². The van der Waals surface area contributed by atoms with Gasteiger partial charge in [0, 0.05) is 11.3 Å². The number of hydrogen-bond donors (Lipinski definition) is 2. The van der Waals surface area contributed by atoms with Gasteiger partial charge < -0.3 is 11.1 Å². The van der Waals surface area contributed by atoms with Crippen LogP contribution in [0.3, 0.4) is 0 Å². The Morgan fingerprint density at radius 1 is 1.07 bits per heavy atom. The van der Waals surface area contributed by atoms with Crippen LogP contribution < -0.4 is 11.1 Å². The number of nitrogens with one attached hydrogen (secondary N) is 1. The number of nitrogens with two attached hydrogens (primary N) is 1. The lowest BCUT2D eigenvalue weighted by Crippen LogP contribution is -2.20. The predicted molar refractivity (Wildman–Crippen MR) is 114 cm³/mol. The van der Waals surface area contributed by atoms with Gasteiger partial charge in [0.1, 0.15) is 0 Å². The fourth-order valence-electron chi connectivity index (χ4n) is 5.08. The third kappa shape index (κ3) is 2.95. The second-order valence-electron chi connectivity index (χ2n) is 8.28. The molecule has 28 heavy (non-hydrogen) atoms. The molecule has 0 radical (unpaired) electrons. The molecule has 2 aliphatic carbocycles. The van der Waals surface area contributed by atoms with E-state index >= 15 is 0 Å². The van der Waals surface area contributed by atoms with Crippen molar-refractivity contribution in [2.24, 2.45) is 5.92 Å². The first-order chi connectivity index (χ1) is 13.7. The van der Waals surface area contributed by atoms with Gasteiger partial charge in [-0.2, -0.15) is 0 Å². The second-order valence-corrected chi connectivity index (χ2v) is 8.28. The maximum atomic E-state index is 12.6. The summed E-state index contributed by atoms with van der Waals surface area (Å²) in [5, 5.41) is 3.24. The van der Waals surface area contributed by atoms with E-state index in [9.17, 15) is 4.79 Å². The SMILES string of the molecule is Nc1ccc2c(c1)C(C1=C(CC3C=CCCCC3)Cc3ccccc31)NC2=O. The quantitative estimate of drug-likeness (QED) is 0.576. The van der Waals surface area contributed by atoms with Crippen LogP contribution in [0.25, 0.3) is 5.57 Å². The highest BCUT2D eigenvalue weighted by molar-refractivity contribution is 6.03. The van der Waals surface area contributed by atoms with Gasteiger partial charge in [0.2, 0.25) is 0 Å². The maximum Gasteiger partial charge on any atom is 0.252 e. The molecule has 0 spiro atoms. The minimum atomic E-state index is -0.0978. The molecule has 3 heteroatoms. The van der Waals surface area contributed by atoms with E-state index in [1.165, 1.54) is 48.0 Å². The molecule has 2 aromatic rings. The Morgan fingerprint density at radius 3 is 2.89 bits per heavy atom. The summed E-state index contributed by atoms with van der Waals surface area (Å²) < 4.78 is 0. The summed E-state index contributed by atoms with van der Waals surface area (Å²) in [6.07, 6.45) is 11.9. The summed E-state index contributed by atoms with van der Waals surface area (Å²) in [5.41, 5.74) is 14.0. The minimum Gasteiger partial charge on any atom is -0.399 e. The van der Waals surface area contributed by atoms with Crippen molar-refractivity contribution in [3.05, 3.63) is 82.4 Å². The van der Waals surface area contributed by atoms with Gasteiger partial charge in [0.15, 0.2) is 0 Å². The Bertz CT molecular complexity index is 1000. The van der Waals surface area contributed by atoms with Crippen LogP contribution in [0.5, 0.6) is 0 Å². The molecule has 3 N–H and O–H groups in total. The van der Waals surface area contributed by atoms with Gasteiger partial charge in [-0.05, 0) is 78.5 Å².